The van der Waals surface area contributed by atoms with Crippen LogP contribution in [0.2, 0.25) is 0 Å². The molecule has 0 unspecified atom stereocenters. The van der Waals surface area contributed by atoms with Crippen LogP contribution < -0.4 is 35.7 Å². The minimum Gasteiger partial charge on any atom is -0.458 e. The smallest absolute Gasteiger partial charge is 0.260 e. The number of aromatic nitrogens is 1. The summed E-state index contributed by atoms with van der Waals surface area (Å²) in [6.07, 6.45) is 6.31. The number of rotatable bonds is 5. The molecule has 0 fully saturated rings. The van der Waals surface area contributed by atoms with E-state index in [0.29, 0.717) is 6.67 Å². The number of fused-ring (bicyclic) bond motifs is 4. The van der Waals surface area contributed by atoms with Gasteiger partial charge in [-0.3, -0.25) is 4.98 Å². The molecule has 260 valence electrons. The molecular formula is C48H38BN3O2. The molecule has 6 aromatic carbocycles. The van der Waals surface area contributed by atoms with Crippen LogP contribution in [0.3, 0.4) is 0 Å². The zero-order valence-electron chi connectivity index (χ0n) is 30.5. The van der Waals surface area contributed by atoms with Gasteiger partial charge in [0.25, 0.3) is 6.71 Å². The molecule has 3 aliphatic heterocycles. The van der Waals surface area contributed by atoms with Crippen molar-refractivity contribution in [2.75, 3.05) is 16.5 Å². The van der Waals surface area contributed by atoms with Gasteiger partial charge in [-0.2, -0.15) is 0 Å². The Kier molecular flexibility index (Phi) is 7.48. The third-order valence-electron chi connectivity index (χ3n) is 10.9. The fourth-order valence-corrected chi connectivity index (χ4v) is 8.10. The fraction of sp³-hybridized carbons (Fsp3) is 0.104. The topological polar surface area (TPSA) is 37.8 Å². The molecule has 0 spiro atoms. The molecule has 3 aliphatic rings. The molecule has 0 aliphatic carbocycles. The largest absolute Gasteiger partial charge is 0.458 e. The number of nitrogens with zero attached hydrogens (tertiary/aromatic N) is 3. The number of para-hydroxylation sites is 1. The third-order valence-corrected chi connectivity index (χ3v) is 10.9. The van der Waals surface area contributed by atoms with Crippen molar-refractivity contribution in [3.63, 3.8) is 0 Å². The van der Waals surface area contributed by atoms with Gasteiger partial charge in [0, 0.05) is 40.9 Å². The van der Waals surface area contributed by atoms with Gasteiger partial charge in [-0.1, -0.05) is 112 Å². The molecule has 10 rings (SSSR count). The van der Waals surface area contributed by atoms with E-state index >= 15 is 0 Å². The molecule has 54 heavy (non-hydrogen) atoms. The standard InChI is InChI=1S/C48H38BN3O2/c1-48(2,3)35-24-25-50-41(29-35)34-20-22-42-39(28-34)49-40-30-36(21-23-43(40)54-45-19-11-18-44(53-42)46(45)49)51-26-27-52(31-51)47-37(32-12-6-4-7-13-32)16-10-17-38(47)33-14-8-5-9-15-33/h4-30H,31H2,1-3H3. The summed E-state index contributed by atoms with van der Waals surface area (Å²) in [5.74, 6) is 3.39. The summed E-state index contributed by atoms with van der Waals surface area (Å²) < 4.78 is 13.2. The molecule has 7 aromatic rings. The number of pyridine rings is 1. The maximum atomic E-state index is 6.61. The highest BCUT2D eigenvalue weighted by Crippen LogP contribution is 2.42. The SMILES string of the molecule is CC(C)(C)c1ccnc(-c2ccc3c(c2)B2c4cc(N5C=CN(c6c(-c7ccccc7)cccc6-c6ccccc6)C5)ccc4Oc4cccc(c42)O3)c1. The Morgan fingerprint density at radius 1 is 0.556 bits per heavy atom. The zero-order chi connectivity index (χ0) is 36.4. The highest BCUT2D eigenvalue weighted by atomic mass is 16.5. The molecular weight excluding hydrogens is 661 g/mol. The maximum Gasteiger partial charge on any atom is 0.260 e. The average molecular weight is 700 g/mol. The van der Waals surface area contributed by atoms with Gasteiger partial charge in [-0.05, 0) is 93.2 Å². The van der Waals surface area contributed by atoms with E-state index in [9.17, 15) is 0 Å². The van der Waals surface area contributed by atoms with Gasteiger partial charge < -0.3 is 19.3 Å². The average Bonchev–Trinajstić information content (AvgIpc) is 3.71. The second kappa shape index (κ2) is 12.6. The summed E-state index contributed by atoms with van der Waals surface area (Å²) in [5.41, 5.74) is 13.6. The molecule has 0 radical (unpaired) electrons. The van der Waals surface area contributed by atoms with Gasteiger partial charge in [0.05, 0.1) is 18.1 Å². The molecule has 6 heteroatoms. The minimum atomic E-state index is -0.0689. The predicted octanol–water partition coefficient (Wildman–Crippen LogP) is 9.86. The van der Waals surface area contributed by atoms with Crippen LogP contribution in [-0.4, -0.2) is 18.4 Å². The van der Waals surface area contributed by atoms with Gasteiger partial charge in [-0.25, -0.2) is 0 Å². The van der Waals surface area contributed by atoms with E-state index in [1.54, 1.807) is 0 Å². The molecule has 0 N–H and O–H groups in total. The Balaban J connectivity index is 1.04. The maximum absolute atomic E-state index is 6.61. The lowest BCUT2D eigenvalue weighted by Gasteiger charge is -2.34. The van der Waals surface area contributed by atoms with E-state index in [1.807, 2.05) is 24.4 Å². The first-order valence-corrected chi connectivity index (χ1v) is 18.6. The molecule has 0 saturated carbocycles. The quantitative estimate of drug-likeness (QED) is 0.167. The number of anilines is 2. The van der Waals surface area contributed by atoms with Crippen molar-refractivity contribution in [2.45, 2.75) is 26.2 Å². The van der Waals surface area contributed by atoms with Gasteiger partial charge in [-0.15, -0.1) is 0 Å². The first-order chi connectivity index (χ1) is 26.4. The first-order valence-electron chi connectivity index (χ1n) is 18.6. The van der Waals surface area contributed by atoms with Crippen molar-refractivity contribution in [3.05, 3.63) is 170 Å². The Morgan fingerprint density at radius 3 is 1.83 bits per heavy atom. The lowest BCUT2D eigenvalue weighted by atomic mass is 9.34. The Bertz CT molecular complexity index is 2520. The van der Waals surface area contributed by atoms with E-state index < -0.39 is 0 Å². The van der Waals surface area contributed by atoms with Crippen molar-refractivity contribution in [1.82, 2.24) is 4.98 Å². The summed E-state index contributed by atoms with van der Waals surface area (Å²) in [6.45, 7) is 7.30. The molecule has 0 bridgehead atoms. The monoisotopic (exact) mass is 699 g/mol. The fourth-order valence-electron chi connectivity index (χ4n) is 8.10. The van der Waals surface area contributed by atoms with Gasteiger partial charge in [0.1, 0.15) is 23.0 Å². The van der Waals surface area contributed by atoms with E-state index in [-0.39, 0.29) is 12.1 Å². The van der Waals surface area contributed by atoms with Crippen LogP contribution in [0.15, 0.2) is 164 Å². The van der Waals surface area contributed by atoms with E-state index in [1.165, 1.54) is 33.5 Å². The van der Waals surface area contributed by atoms with Gasteiger partial charge >= 0.3 is 0 Å². The van der Waals surface area contributed by atoms with Crippen LogP contribution in [0, 0.1) is 0 Å². The van der Waals surface area contributed by atoms with Crippen molar-refractivity contribution in [3.8, 4) is 56.5 Å². The second-order valence-corrected chi connectivity index (χ2v) is 15.3. The van der Waals surface area contributed by atoms with Crippen molar-refractivity contribution in [1.29, 1.82) is 0 Å². The van der Waals surface area contributed by atoms with Crippen LogP contribution in [-0.2, 0) is 5.41 Å². The highest BCUT2D eigenvalue weighted by molar-refractivity contribution is 6.98. The summed E-state index contributed by atoms with van der Waals surface area (Å²) in [5, 5.41) is 0. The summed E-state index contributed by atoms with van der Waals surface area (Å²) in [4.78, 5) is 9.49. The molecule has 0 amide bonds. The van der Waals surface area contributed by atoms with Gasteiger partial charge in [0.15, 0.2) is 0 Å². The van der Waals surface area contributed by atoms with E-state index in [2.05, 4.69) is 170 Å². The Labute approximate surface area is 316 Å². The zero-order valence-corrected chi connectivity index (χ0v) is 30.5. The first kappa shape index (κ1) is 32.2. The van der Waals surface area contributed by atoms with Crippen LogP contribution in [0.25, 0.3) is 33.5 Å². The normalized spacial score (nSPS) is 13.9. The van der Waals surface area contributed by atoms with Crippen LogP contribution in [0.5, 0.6) is 23.0 Å². The van der Waals surface area contributed by atoms with Crippen molar-refractivity contribution >= 4 is 34.5 Å². The number of benzene rings is 6. The molecule has 4 heterocycles. The van der Waals surface area contributed by atoms with Crippen LogP contribution in [0.1, 0.15) is 26.3 Å². The van der Waals surface area contributed by atoms with E-state index in [4.69, 9.17) is 14.5 Å². The number of hydrogen-bond acceptors (Lipinski definition) is 5. The summed E-state index contributed by atoms with van der Waals surface area (Å²) in [7, 11) is 0. The molecule has 1 aromatic heterocycles. The van der Waals surface area contributed by atoms with Crippen LogP contribution in [0.4, 0.5) is 11.4 Å². The summed E-state index contributed by atoms with van der Waals surface area (Å²) >= 11 is 0. The lowest BCUT2D eigenvalue weighted by Crippen LogP contribution is -2.57. The van der Waals surface area contributed by atoms with Gasteiger partial charge in [0.2, 0.25) is 0 Å². The van der Waals surface area contributed by atoms with Crippen molar-refractivity contribution in [2.24, 2.45) is 0 Å². The third kappa shape index (κ3) is 5.45. The van der Waals surface area contributed by atoms with Crippen molar-refractivity contribution < 1.29 is 9.47 Å². The number of ether oxygens (including phenoxy) is 2. The van der Waals surface area contributed by atoms with Crippen LogP contribution >= 0.6 is 0 Å². The predicted molar refractivity (Wildman–Crippen MR) is 222 cm³/mol. The Hall–Kier alpha value is -6.53. The van der Waals surface area contributed by atoms with E-state index in [0.717, 1.165) is 56.3 Å². The minimum absolute atomic E-state index is 0.0191. The molecule has 5 nitrogen and oxygen atoms in total. The number of hydrogen-bond donors (Lipinski definition) is 0. The molecule has 0 saturated heterocycles. The highest BCUT2D eigenvalue weighted by Gasteiger charge is 2.40. The molecule has 0 atom stereocenters. The second-order valence-electron chi connectivity index (χ2n) is 15.3. The Morgan fingerprint density at radius 2 is 1.17 bits per heavy atom. The summed E-state index contributed by atoms with van der Waals surface area (Å²) in [6, 6.07) is 51.4. The lowest BCUT2D eigenvalue weighted by molar-refractivity contribution is 0.464.